The zero-order valence-corrected chi connectivity index (χ0v) is 17.0. The molecule has 0 aliphatic carbocycles. The molecular weight excluding hydrogens is 368 g/mol. The van der Waals surface area contributed by atoms with Gasteiger partial charge in [-0.25, -0.2) is 0 Å². The van der Waals surface area contributed by atoms with Gasteiger partial charge in [-0.2, -0.15) is 0 Å². The standard InChI is InChI=1S/C24H23ClN2O/c1-15-12-16(2)22(17(3)13-15)26-23-19-9-5-6-10-20(19)24(28)27(23)14-18-8-4-7-11-21(18)25/h4-13,23,26H,14H2,1-3H3/t23-/m1/s1. The van der Waals surface area contributed by atoms with Gasteiger partial charge >= 0.3 is 0 Å². The van der Waals surface area contributed by atoms with Crippen LogP contribution in [0, 0.1) is 20.8 Å². The summed E-state index contributed by atoms with van der Waals surface area (Å²) in [6.07, 6.45) is -0.236. The number of amides is 1. The molecule has 1 atom stereocenters. The number of halogens is 1. The van der Waals surface area contributed by atoms with E-state index < -0.39 is 0 Å². The van der Waals surface area contributed by atoms with Crippen molar-refractivity contribution < 1.29 is 4.79 Å². The number of anilines is 1. The van der Waals surface area contributed by atoms with Crippen LogP contribution in [0.5, 0.6) is 0 Å². The molecule has 3 nitrogen and oxygen atoms in total. The number of hydrogen-bond acceptors (Lipinski definition) is 2. The molecule has 0 aromatic heterocycles. The Morgan fingerprint density at radius 2 is 1.61 bits per heavy atom. The zero-order chi connectivity index (χ0) is 19.8. The van der Waals surface area contributed by atoms with Crippen LogP contribution in [-0.4, -0.2) is 10.8 Å². The van der Waals surface area contributed by atoms with E-state index in [1.165, 1.54) is 16.7 Å². The van der Waals surface area contributed by atoms with Gasteiger partial charge in [0, 0.05) is 28.4 Å². The minimum absolute atomic E-state index is 0.0236. The molecule has 0 fully saturated rings. The van der Waals surface area contributed by atoms with Gasteiger partial charge in [-0.05, 0) is 49.6 Å². The predicted octanol–water partition coefficient (Wildman–Crippen LogP) is 6.03. The number of benzene rings is 3. The summed E-state index contributed by atoms with van der Waals surface area (Å²) >= 11 is 6.38. The summed E-state index contributed by atoms with van der Waals surface area (Å²) in [7, 11) is 0. The van der Waals surface area contributed by atoms with Crippen LogP contribution < -0.4 is 5.32 Å². The Morgan fingerprint density at radius 3 is 2.32 bits per heavy atom. The highest BCUT2D eigenvalue weighted by molar-refractivity contribution is 6.31. The average molecular weight is 391 g/mol. The molecule has 1 aliphatic heterocycles. The second-order valence-electron chi connectivity index (χ2n) is 7.43. The van der Waals surface area contributed by atoms with Gasteiger partial charge in [0.15, 0.2) is 0 Å². The average Bonchev–Trinajstić information content (AvgIpc) is 2.92. The van der Waals surface area contributed by atoms with Gasteiger partial charge in [0.1, 0.15) is 6.17 Å². The first-order chi connectivity index (χ1) is 13.5. The Kier molecular flexibility index (Phi) is 4.86. The summed E-state index contributed by atoms with van der Waals surface area (Å²) < 4.78 is 0. The van der Waals surface area contributed by atoms with Crippen molar-refractivity contribution >= 4 is 23.2 Å². The predicted molar refractivity (Wildman–Crippen MR) is 115 cm³/mol. The molecule has 0 spiro atoms. The molecule has 0 saturated carbocycles. The highest BCUT2D eigenvalue weighted by atomic mass is 35.5. The number of rotatable bonds is 4. The van der Waals surface area contributed by atoms with E-state index in [1.807, 2.05) is 53.4 Å². The van der Waals surface area contributed by atoms with E-state index >= 15 is 0 Å². The molecule has 0 bridgehead atoms. The summed E-state index contributed by atoms with van der Waals surface area (Å²) in [5.74, 6) is 0.0236. The summed E-state index contributed by atoms with van der Waals surface area (Å²) in [5, 5.41) is 4.32. The molecule has 1 N–H and O–H groups in total. The molecule has 28 heavy (non-hydrogen) atoms. The van der Waals surface area contributed by atoms with Crippen molar-refractivity contribution in [2.75, 3.05) is 5.32 Å². The summed E-state index contributed by atoms with van der Waals surface area (Å²) in [6, 6.07) is 19.8. The molecule has 4 rings (SSSR count). The number of hydrogen-bond donors (Lipinski definition) is 1. The van der Waals surface area contributed by atoms with Crippen molar-refractivity contribution in [3.63, 3.8) is 0 Å². The van der Waals surface area contributed by atoms with Crippen LogP contribution in [0.25, 0.3) is 0 Å². The maximum Gasteiger partial charge on any atom is 0.256 e. The lowest BCUT2D eigenvalue weighted by Gasteiger charge is -2.29. The largest absolute Gasteiger partial charge is 0.361 e. The molecule has 1 heterocycles. The number of nitrogens with one attached hydrogen (secondary N) is 1. The molecular formula is C24H23ClN2O. The van der Waals surface area contributed by atoms with Gasteiger partial charge in [-0.15, -0.1) is 0 Å². The minimum Gasteiger partial charge on any atom is -0.361 e. The quantitative estimate of drug-likeness (QED) is 0.589. The Labute approximate surface area is 171 Å². The van der Waals surface area contributed by atoms with Crippen LogP contribution >= 0.6 is 11.6 Å². The van der Waals surface area contributed by atoms with E-state index in [-0.39, 0.29) is 12.1 Å². The van der Waals surface area contributed by atoms with Gasteiger partial charge in [0.2, 0.25) is 0 Å². The molecule has 4 heteroatoms. The third-order valence-electron chi connectivity index (χ3n) is 5.31. The topological polar surface area (TPSA) is 32.3 Å². The SMILES string of the molecule is Cc1cc(C)c(N[C@H]2c3ccccc3C(=O)N2Cc2ccccc2Cl)c(C)c1. The molecule has 1 amide bonds. The van der Waals surface area contributed by atoms with Crippen molar-refractivity contribution in [1.29, 1.82) is 0 Å². The smallest absolute Gasteiger partial charge is 0.256 e. The maximum atomic E-state index is 13.2. The molecule has 142 valence electrons. The monoisotopic (exact) mass is 390 g/mol. The number of carbonyl (C=O) groups excluding carboxylic acids is 1. The highest BCUT2D eigenvalue weighted by Crippen LogP contribution is 2.37. The molecule has 3 aromatic rings. The lowest BCUT2D eigenvalue weighted by atomic mass is 10.0. The van der Waals surface area contributed by atoms with Gasteiger partial charge < -0.3 is 10.2 Å². The third-order valence-corrected chi connectivity index (χ3v) is 5.68. The van der Waals surface area contributed by atoms with Crippen molar-refractivity contribution in [1.82, 2.24) is 4.90 Å². The Hall–Kier alpha value is -2.78. The number of aryl methyl sites for hydroxylation is 3. The van der Waals surface area contributed by atoms with Gasteiger partial charge in [0.05, 0.1) is 0 Å². The van der Waals surface area contributed by atoms with E-state index in [1.54, 1.807) is 0 Å². The Bertz CT molecular complexity index is 1040. The first-order valence-corrected chi connectivity index (χ1v) is 9.81. The number of nitrogens with zero attached hydrogens (tertiary/aromatic N) is 1. The Morgan fingerprint density at radius 1 is 0.964 bits per heavy atom. The third kappa shape index (κ3) is 3.27. The fourth-order valence-corrected chi connectivity index (χ4v) is 4.24. The number of carbonyl (C=O) groups is 1. The fourth-order valence-electron chi connectivity index (χ4n) is 4.04. The van der Waals surface area contributed by atoms with Crippen molar-refractivity contribution in [2.45, 2.75) is 33.5 Å². The van der Waals surface area contributed by atoms with E-state index in [0.29, 0.717) is 11.6 Å². The Balaban J connectivity index is 1.75. The molecule has 1 aliphatic rings. The fraction of sp³-hybridized carbons (Fsp3) is 0.208. The minimum atomic E-state index is -0.236. The first-order valence-electron chi connectivity index (χ1n) is 9.43. The van der Waals surface area contributed by atoms with Crippen LogP contribution in [0.3, 0.4) is 0 Å². The molecule has 3 aromatic carbocycles. The zero-order valence-electron chi connectivity index (χ0n) is 16.3. The van der Waals surface area contributed by atoms with Gasteiger partial charge in [-0.1, -0.05) is 65.7 Å². The van der Waals surface area contributed by atoms with Crippen molar-refractivity contribution in [2.24, 2.45) is 0 Å². The lowest BCUT2D eigenvalue weighted by molar-refractivity contribution is 0.0728. The van der Waals surface area contributed by atoms with Gasteiger partial charge in [-0.3, -0.25) is 4.79 Å². The van der Waals surface area contributed by atoms with E-state index in [4.69, 9.17) is 11.6 Å². The van der Waals surface area contributed by atoms with Crippen LogP contribution in [0.15, 0.2) is 60.7 Å². The molecule has 0 saturated heterocycles. The second-order valence-corrected chi connectivity index (χ2v) is 7.84. The van der Waals surface area contributed by atoms with E-state index in [9.17, 15) is 4.79 Å². The lowest BCUT2D eigenvalue weighted by Crippen LogP contribution is -2.32. The van der Waals surface area contributed by atoms with Gasteiger partial charge in [0.25, 0.3) is 5.91 Å². The van der Waals surface area contributed by atoms with Crippen LogP contribution in [0.4, 0.5) is 5.69 Å². The van der Waals surface area contributed by atoms with Crippen molar-refractivity contribution in [3.05, 3.63) is 99.1 Å². The molecule has 0 unspecified atom stereocenters. The normalized spacial score (nSPS) is 15.6. The molecule has 0 radical (unpaired) electrons. The van der Waals surface area contributed by atoms with E-state index in [0.717, 1.165) is 22.4 Å². The second kappa shape index (κ2) is 7.33. The number of fused-ring (bicyclic) bond motifs is 1. The van der Waals surface area contributed by atoms with Crippen LogP contribution in [0.2, 0.25) is 5.02 Å². The summed E-state index contributed by atoms with van der Waals surface area (Å²) in [6.45, 7) is 6.75. The summed E-state index contributed by atoms with van der Waals surface area (Å²) in [4.78, 5) is 15.0. The highest BCUT2D eigenvalue weighted by Gasteiger charge is 2.37. The first kappa shape index (κ1) is 18.6. The van der Waals surface area contributed by atoms with Crippen LogP contribution in [0.1, 0.15) is 44.3 Å². The van der Waals surface area contributed by atoms with E-state index in [2.05, 4.69) is 38.2 Å². The van der Waals surface area contributed by atoms with Crippen LogP contribution in [-0.2, 0) is 6.54 Å². The summed E-state index contributed by atoms with van der Waals surface area (Å²) in [5.41, 5.74) is 7.34. The van der Waals surface area contributed by atoms with Crippen molar-refractivity contribution in [3.8, 4) is 0 Å². The maximum absolute atomic E-state index is 13.2.